The second kappa shape index (κ2) is 10.2. The highest BCUT2D eigenvalue weighted by Crippen LogP contribution is 2.33. The molecule has 2 fully saturated rings. The number of rotatable bonds is 7. The monoisotopic (exact) mass is 448 g/mol. The molecule has 7 heteroatoms. The fourth-order valence-corrected chi connectivity index (χ4v) is 4.87. The van der Waals surface area contributed by atoms with Crippen LogP contribution in [0.5, 0.6) is 0 Å². The number of fused-ring (bicyclic) bond motifs is 1. The zero-order valence-electron chi connectivity index (χ0n) is 19.2. The topological polar surface area (TPSA) is 90.5 Å². The maximum absolute atomic E-state index is 13.5. The molecule has 0 saturated carbocycles. The van der Waals surface area contributed by atoms with Crippen molar-refractivity contribution in [2.75, 3.05) is 7.05 Å². The Morgan fingerprint density at radius 1 is 0.909 bits per heavy atom. The van der Waals surface area contributed by atoms with E-state index in [4.69, 9.17) is 0 Å². The summed E-state index contributed by atoms with van der Waals surface area (Å²) in [5, 5.41) is 8.95. The van der Waals surface area contributed by atoms with Crippen LogP contribution >= 0.6 is 0 Å². The summed E-state index contributed by atoms with van der Waals surface area (Å²) in [6, 6.07) is 18.0. The Bertz CT molecular complexity index is 942. The Hall–Kier alpha value is -3.19. The number of likely N-dealkylation sites (N-methyl/N-ethyl adjacent to an activating group) is 1. The average molecular weight is 449 g/mol. The smallest absolute Gasteiger partial charge is 0.246 e. The molecule has 33 heavy (non-hydrogen) atoms. The SMILES string of the molecule is CN[C@@H](C)C(=O)N[C@H]1CC[C@H]2CC[C@@H](C(=O)NC(c3ccccc3)c3ccccc3)N2C1=O. The largest absolute Gasteiger partial charge is 0.343 e. The molecule has 2 aliphatic heterocycles. The van der Waals surface area contributed by atoms with Crippen LogP contribution in [-0.4, -0.2) is 53.8 Å². The highest BCUT2D eigenvalue weighted by Gasteiger charge is 2.46. The van der Waals surface area contributed by atoms with Crippen molar-refractivity contribution in [3.63, 3.8) is 0 Å². The van der Waals surface area contributed by atoms with Gasteiger partial charge in [-0.1, -0.05) is 60.7 Å². The maximum Gasteiger partial charge on any atom is 0.246 e. The molecular formula is C26H32N4O3. The maximum atomic E-state index is 13.5. The summed E-state index contributed by atoms with van der Waals surface area (Å²) in [6.07, 6.45) is 2.83. The molecule has 7 nitrogen and oxygen atoms in total. The quantitative estimate of drug-likeness (QED) is 0.605. The summed E-state index contributed by atoms with van der Waals surface area (Å²) in [4.78, 5) is 40.8. The molecule has 0 bridgehead atoms. The van der Waals surface area contributed by atoms with E-state index in [1.165, 1.54) is 0 Å². The molecule has 174 valence electrons. The molecule has 2 aliphatic rings. The summed E-state index contributed by atoms with van der Waals surface area (Å²) in [6.45, 7) is 1.75. The molecule has 0 aliphatic carbocycles. The fraction of sp³-hybridized carbons (Fsp3) is 0.423. The first-order valence-corrected chi connectivity index (χ1v) is 11.7. The predicted octanol–water partition coefficient (Wildman–Crippen LogP) is 2.14. The van der Waals surface area contributed by atoms with E-state index in [2.05, 4.69) is 16.0 Å². The summed E-state index contributed by atoms with van der Waals surface area (Å²) in [5.41, 5.74) is 1.98. The molecule has 2 aromatic carbocycles. The number of benzene rings is 2. The number of nitrogens with one attached hydrogen (secondary N) is 3. The molecule has 3 amide bonds. The van der Waals surface area contributed by atoms with Crippen molar-refractivity contribution in [2.24, 2.45) is 0 Å². The summed E-state index contributed by atoms with van der Waals surface area (Å²) in [5.74, 6) is -0.515. The third-order valence-electron chi connectivity index (χ3n) is 6.84. The second-order valence-corrected chi connectivity index (χ2v) is 8.90. The van der Waals surface area contributed by atoms with E-state index in [-0.39, 0.29) is 35.8 Å². The van der Waals surface area contributed by atoms with Crippen molar-refractivity contribution < 1.29 is 14.4 Å². The number of amides is 3. The molecule has 3 N–H and O–H groups in total. The van der Waals surface area contributed by atoms with E-state index >= 15 is 0 Å². The fourth-order valence-electron chi connectivity index (χ4n) is 4.87. The molecule has 4 rings (SSSR count). The molecule has 2 aromatic rings. The Balaban J connectivity index is 1.51. The van der Waals surface area contributed by atoms with Crippen LogP contribution in [0.1, 0.15) is 49.8 Å². The van der Waals surface area contributed by atoms with E-state index in [0.717, 1.165) is 24.0 Å². The van der Waals surface area contributed by atoms with Gasteiger partial charge in [0.1, 0.15) is 12.1 Å². The van der Waals surface area contributed by atoms with Crippen molar-refractivity contribution >= 4 is 17.7 Å². The summed E-state index contributed by atoms with van der Waals surface area (Å²) >= 11 is 0. The molecule has 0 aromatic heterocycles. The lowest BCUT2D eigenvalue weighted by Crippen LogP contribution is -2.60. The standard InChI is InChI=1S/C26H32N4O3/c1-17(27-2)24(31)28-21-15-13-20-14-16-22(30(20)26(21)33)25(32)29-23(18-9-5-3-6-10-18)19-11-7-4-8-12-19/h3-12,17,20-23,27H,13-16H2,1-2H3,(H,28,31)(H,29,32)/t17-,20-,21-,22-/m0/s1. The van der Waals surface area contributed by atoms with Crippen LogP contribution in [0.25, 0.3) is 0 Å². The Morgan fingerprint density at radius 3 is 2.06 bits per heavy atom. The lowest BCUT2D eigenvalue weighted by atomic mass is 9.97. The molecular weight excluding hydrogens is 416 g/mol. The van der Waals surface area contributed by atoms with Gasteiger partial charge in [-0.15, -0.1) is 0 Å². The lowest BCUT2D eigenvalue weighted by molar-refractivity contribution is -0.146. The van der Waals surface area contributed by atoms with E-state index in [1.54, 1.807) is 18.9 Å². The predicted molar refractivity (Wildman–Crippen MR) is 126 cm³/mol. The van der Waals surface area contributed by atoms with Crippen molar-refractivity contribution in [1.29, 1.82) is 0 Å². The minimum absolute atomic E-state index is 0.0510. The normalized spacial score (nSPS) is 23.2. The first-order chi connectivity index (χ1) is 16.0. The molecule has 2 saturated heterocycles. The van der Waals surface area contributed by atoms with Gasteiger partial charge in [-0.05, 0) is 50.8 Å². The third-order valence-corrected chi connectivity index (χ3v) is 6.84. The van der Waals surface area contributed by atoms with E-state index in [1.807, 2.05) is 60.7 Å². The molecule has 2 heterocycles. The zero-order chi connectivity index (χ0) is 23.4. The number of hydrogen-bond donors (Lipinski definition) is 3. The van der Waals surface area contributed by atoms with Gasteiger partial charge in [0.25, 0.3) is 0 Å². The van der Waals surface area contributed by atoms with Gasteiger partial charge in [0.15, 0.2) is 0 Å². The minimum Gasteiger partial charge on any atom is -0.343 e. The van der Waals surface area contributed by atoms with Crippen molar-refractivity contribution in [1.82, 2.24) is 20.9 Å². The summed E-state index contributed by atoms with van der Waals surface area (Å²) < 4.78 is 0. The number of nitrogens with zero attached hydrogens (tertiary/aromatic N) is 1. The molecule has 0 radical (unpaired) electrons. The van der Waals surface area contributed by atoms with Gasteiger partial charge in [0.05, 0.1) is 12.1 Å². The summed E-state index contributed by atoms with van der Waals surface area (Å²) in [7, 11) is 1.71. The van der Waals surface area contributed by atoms with Gasteiger partial charge in [-0.3, -0.25) is 14.4 Å². The Kier molecular flexibility index (Phi) is 7.08. The van der Waals surface area contributed by atoms with Gasteiger partial charge in [0, 0.05) is 6.04 Å². The minimum atomic E-state index is -0.586. The van der Waals surface area contributed by atoms with Gasteiger partial charge in [-0.25, -0.2) is 0 Å². The van der Waals surface area contributed by atoms with Crippen LogP contribution in [0.4, 0.5) is 0 Å². The van der Waals surface area contributed by atoms with Crippen LogP contribution in [0.15, 0.2) is 60.7 Å². The van der Waals surface area contributed by atoms with Crippen molar-refractivity contribution in [2.45, 2.75) is 62.8 Å². The van der Waals surface area contributed by atoms with Crippen LogP contribution in [-0.2, 0) is 14.4 Å². The lowest BCUT2D eigenvalue weighted by Gasteiger charge is -2.38. The number of carbonyl (C=O) groups excluding carboxylic acids is 3. The van der Waals surface area contributed by atoms with Gasteiger partial charge in [0.2, 0.25) is 17.7 Å². The van der Waals surface area contributed by atoms with Gasteiger partial charge < -0.3 is 20.9 Å². The third kappa shape index (κ3) is 4.93. The highest BCUT2D eigenvalue weighted by atomic mass is 16.2. The van der Waals surface area contributed by atoms with Crippen molar-refractivity contribution in [3.05, 3.63) is 71.8 Å². The number of carbonyl (C=O) groups is 3. The Labute approximate surface area is 194 Å². The van der Waals surface area contributed by atoms with Crippen LogP contribution in [0.3, 0.4) is 0 Å². The number of piperidine rings is 1. The number of hydrogen-bond acceptors (Lipinski definition) is 4. The van der Waals surface area contributed by atoms with Gasteiger partial charge in [-0.2, -0.15) is 0 Å². The molecule has 4 atom stereocenters. The first kappa shape index (κ1) is 23.0. The van der Waals surface area contributed by atoms with Gasteiger partial charge >= 0.3 is 0 Å². The zero-order valence-corrected chi connectivity index (χ0v) is 19.2. The van der Waals surface area contributed by atoms with E-state index in [0.29, 0.717) is 12.8 Å². The molecule has 0 spiro atoms. The molecule has 0 unspecified atom stereocenters. The van der Waals surface area contributed by atoms with E-state index < -0.39 is 12.1 Å². The van der Waals surface area contributed by atoms with Crippen LogP contribution in [0.2, 0.25) is 0 Å². The van der Waals surface area contributed by atoms with Crippen LogP contribution < -0.4 is 16.0 Å². The Morgan fingerprint density at radius 2 is 1.48 bits per heavy atom. The second-order valence-electron chi connectivity index (χ2n) is 8.90. The average Bonchev–Trinajstić information content (AvgIpc) is 3.29. The van der Waals surface area contributed by atoms with Crippen LogP contribution in [0, 0.1) is 0 Å². The highest BCUT2D eigenvalue weighted by molar-refractivity contribution is 5.94. The van der Waals surface area contributed by atoms with Crippen molar-refractivity contribution in [3.8, 4) is 0 Å². The first-order valence-electron chi connectivity index (χ1n) is 11.7. The van der Waals surface area contributed by atoms with E-state index in [9.17, 15) is 14.4 Å².